The number of nitrogens with zero attached hydrogens (tertiary/aromatic N) is 1. The van der Waals surface area contributed by atoms with Crippen molar-refractivity contribution < 1.29 is 4.39 Å². The minimum atomic E-state index is -0.126. The van der Waals surface area contributed by atoms with E-state index in [-0.39, 0.29) is 5.82 Å². The van der Waals surface area contributed by atoms with Gasteiger partial charge < -0.3 is 10.2 Å². The fraction of sp³-hybridized carbons (Fsp3) is 0.647. The lowest BCUT2D eigenvalue weighted by molar-refractivity contribution is 0.548. The van der Waals surface area contributed by atoms with Gasteiger partial charge in [0.05, 0.1) is 5.69 Å². The van der Waals surface area contributed by atoms with Crippen molar-refractivity contribution in [3.05, 3.63) is 29.6 Å². The van der Waals surface area contributed by atoms with Crippen molar-refractivity contribution in [2.24, 2.45) is 5.92 Å². The van der Waals surface area contributed by atoms with Crippen LogP contribution < -0.4 is 10.2 Å². The van der Waals surface area contributed by atoms with Gasteiger partial charge in [0.1, 0.15) is 5.82 Å². The standard InChI is InChI=1S/C17H29FN2/c1-6-7-14(4)20(5)17-9-8-15(10-16(17)18)12-19-11-13(2)3/h8-10,13-14,19H,6-7,11-12H2,1-5H3. The normalized spacial score (nSPS) is 12.8. The highest BCUT2D eigenvalue weighted by atomic mass is 19.1. The van der Waals surface area contributed by atoms with Gasteiger partial charge in [0, 0.05) is 19.6 Å². The van der Waals surface area contributed by atoms with Gasteiger partial charge in [-0.25, -0.2) is 4.39 Å². The Morgan fingerprint density at radius 1 is 1.25 bits per heavy atom. The summed E-state index contributed by atoms with van der Waals surface area (Å²) in [5, 5.41) is 3.34. The van der Waals surface area contributed by atoms with E-state index in [1.54, 1.807) is 6.07 Å². The van der Waals surface area contributed by atoms with Crippen LogP contribution in [-0.4, -0.2) is 19.6 Å². The molecule has 0 aliphatic rings. The van der Waals surface area contributed by atoms with Crippen molar-refractivity contribution in [2.75, 3.05) is 18.5 Å². The maximum atomic E-state index is 14.2. The van der Waals surface area contributed by atoms with Crippen LogP contribution in [0.1, 0.15) is 46.1 Å². The quantitative estimate of drug-likeness (QED) is 0.768. The van der Waals surface area contributed by atoms with Gasteiger partial charge in [-0.2, -0.15) is 0 Å². The van der Waals surface area contributed by atoms with E-state index in [9.17, 15) is 4.39 Å². The monoisotopic (exact) mass is 280 g/mol. The van der Waals surface area contributed by atoms with Crippen LogP contribution in [0.4, 0.5) is 10.1 Å². The lowest BCUT2D eigenvalue weighted by atomic mass is 10.1. The van der Waals surface area contributed by atoms with E-state index >= 15 is 0 Å². The molecule has 0 bridgehead atoms. The van der Waals surface area contributed by atoms with Gasteiger partial charge in [0.2, 0.25) is 0 Å². The molecule has 0 saturated carbocycles. The van der Waals surface area contributed by atoms with E-state index in [4.69, 9.17) is 0 Å². The lowest BCUT2D eigenvalue weighted by Gasteiger charge is -2.27. The molecule has 0 aliphatic carbocycles. The summed E-state index contributed by atoms with van der Waals surface area (Å²) < 4.78 is 14.2. The zero-order valence-corrected chi connectivity index (χ0v) is 13.5. The molecule has 114 valence electrons. The smallest absolute Gasteiger partial charge is 0.146 e. The van der Waals surface area contributed by atoms with Gasteiger partial charge in [-0.1, -0.05) is 33.3 Å². The molecule has 3 heteroatoms. The Hall–Kier alpha value is -1.09. The molecule has 0 heterocycles. The van der Waals surface area contributed by atoms with E-state index in [1.807, 2.05) is 24.1 Å². The molecule has 0 fully saturated rings. The summed E-state index contributed by atoms with van der Waals surface area (Å²) in [7, 11) is 1.97. The van der Waals surface area contributed by atoms with Crippen molar-refractivity contribution >= 4 is 5.69 Å². The van der Waals surface area contributed by atoms with Crippen LogP contribution in [0.25, 0.3) is 0 Å². The first kappa shape index (κ1) is 17.0. The molecule has 2 nitrogen and oxygen atoms in total. The molecule has 1 aromatic rings. The first-order valence-corrected chi connectivity index (χ1v) is 7.67. The fourth-order valence-electron chi connectivity index (χ4n) is 2.30. The Labute approximate surface area is 123 Å². The molecule has 0 spiro atoms. The maximum absolute atomic E-state index is 14.2. The van der Waals surface area contributed by atoms with Crippen LogP contribution in [0.2, 0.25) is 0 Å². The second-order valence-electron chi connectivity index (χ2n) is 6.06. The van der Waals surface area contributed by atoms with Crippen molar-refractivity contribution in [1.29, 1.82) is 0 Å². The largest absolute Gasteiger partial charge is 0.370 e. The minimum Gasteiger partial charge on any atom is -0.370 e. The molecule has 0 aromatic heterocycles. The van der Waals surface area contributed by atoms with E-state index in [0.717, 1.165) is 31.5 Å². The first-order valence-electron chi connectivity index (χ1n) is 7.67. The fourth-order valence-corrected chi connectivity index (χ4v) is 2.30. The summed E-state index contributed by atoms with van der Waals surface area (Å²) in [4.78, 5) is 2.03. The third-order valence-electron chi connectivity index (χ3n) is 3.64. The van der Waals surface area contributed by atoms with Gasteiger partial charge in [-0.3, -0.25) is 0 Å². The van der Waals surface area contributed by atoms with Crippen molar-refractivity contribution in [1.82, 2.24) is 5.32 Å². The maximum Gasteiger partial charge on any atom is 0.146 e. The van der Waals surface area contributed by atoms with E-state index in [2.05, 4.69) is 33.0 Å². The number of halogens is 1. The molecule has 0 aliphatic heterocycles. The predicted molar refractivity (Wildman–Crippen MR) is 85.7 cm³/mol. The first-order chi connectivity index (χ1) is 9.45. The van der Waals surface area contributed by atoms with Crippen molar-refractivity contribution in [3.8, 4) is 0 Å². The molecular formula is C17H29FN2. The number of hydrogen-bond acceptors (Lipinski definition) is 2. The molecule has 0 saturated heterocycles. The van der Waals surface area contributed by atoms with Crippen molar-refractivity contribution in [3.63, 3.8) is 0 Å². The molecule has 1 aromatic carbocycles. The zero-order valence-electron chi connectivity index (χ0n) is 13.5. The zero-order chi connectivity index (χ0) is 15.1. The van der Waals surface area contributed by atoms with Crippen LogP contribution >= 0.6 is 0 Å². The summed E-state index contributed by atoms with van der Waals surface area (Å²) in [6.45, 7) is 10.3. The molecule has 0 radical (unpaired) electrons. The average molecular weight is 280 g/mol. The summed E-state index contributed by atoms with van der Waals surface area (Å²) in [6, 6.07) is 5.92. The summed E-state index contributed by atoms with van der Waals surface area (Å²) in [5.41, 5.74) is 1.70. The summed E-state index contributed by atoms with van der Waals surface area (Å²) >= 11 is 0. The van der Waals surface area contributed by atoms with Gasteiger partial charge in [0.25, 0.3) is 0 Å². The topological polar surface area (TPSA) is 15.3 Å². The molecule has 20 heavy (non-hydrogen) atoms. The Kier molecular flexibility index (Phi) is 7.00. The number of nitrogens with one attached hydrogen (secondary N) is 1. The average Bonchev–Trinajstić information content (AvgIpc) is 2.38. The molecule has 1 unspecified atom stereocenters. The summed E-state index contributed by atoms with van der Waals surface area (Å²) in [5.74, 6) is 0.486. The lowest BCUT2D eigenvalue weighted by Crippen LogP contribution is -2.29. The Bertz CT molecular complexity index is 404. The van der Waals surface area contributed by atoms with Gasteiger partial charge in [0.15, 0.2) is 0 Å². The molecule has 0 amide bonds. The van der Waals surface area contributed by atoms with Crippen LogP contribution in [0.3, 0.4) is 0 Å². The predicted octanol–water partition coefficient (Wildman–Crippen LogP) is 4.20. The highest BCUT2D eigenvalue weighted by molar-refractivity contribution is 5.49. The highest BCUT2D eigenvalue weighted by Gasteiger charge is 2.13. The number of hydrogen-bond donors (Lipinski definition) is 1. The van der Waals surface area contributed by atoms with Crippen molar-refractivity contribution in [2.45, 2.75) is 53.1 Å². The van der Waals surface area contributed by atoms with E-state index in [1.165, 1.54) is 0 Å². The van der Waals surface area contributed by atoms with Gasteiger partial charge in [-0.15, -0.1) is 0 Å². The number of anilines is 1. The van der Waals surface area contributed by atoms with Crippen LogP contribution in [0.5, 0.6) is 0 Å². The Balaban J connectivity index is 2.67. The third kappa shape index (κ3) is 5.12. The molecule has 1 N–H and O–H groups in total. The summed E-state index contributed by atoms with van der Waals surface area (Å²) in [6.07, 6.45) is 2.19. The van der Waals surface area contributed by atoms with Crippen LogP contribution in [-0.2, 0) is 6.54 Å². The molecule has 1 rings (SSSR count). The number of rotatable bonds is 8. The Morgan fingerprint density at radius 2 is 1.95 bits per heavy atom. The second kappa shape index (κ2) is 8.25. The minimum absolute atomic E-state index is 0.126. The van der Waals surface area contributed by atoms with Gasteiger partial charge in [-0.05, 0) is 43.5 Å². The molecular weight excluding hydrogens is 251 g/mol. The highest BCUT2D eigenvalue weighted by Crippen LogP contribution is 2.22. The number of benzene rings is 1. The van der Waals surface area contributed by atoms with Crippen LogP contribution in [0, 0.1) is 11.7 Å². The van der Waals surface area contributed by atoms with E-state index < -0.39 is 0 Å². The van der Waals surface area contributed by atoms with Crippen LogP contribution in [0.15, 0.2) is 18.2 Å². The second-order valence-corrected chi connectivity index (χ2v) is 6.06. The molecule has 1 atom stereocenters. The third-order valence-corrected chi connectivity index (χ3v) is 3.64. The SMILES string of the molecule is CCCC(C)N(C)c1ccc(CNCC(C)C)cc1F. The Morgan fingerprint density at radius 3 is 2.50 bits per heavy atom. The van der Waals surface area contributed by atoms with Gasteiger partial charge >= 0.3 is 0 Å². The van der Waals surface area contributed by atoms with E-state index in [0.29, 0.717) is 17.6 Å².